The predicted molar refractivity (Wildman–Crippen MR) is 533 cm³/mol. The van der Waals surface area contributed by atoms with Gasteiger partial charge in [-0.15, -0.1) is 94.1 Å². The lowest BCUT2D eigenvalue weighted by molar-refractivity contribution is -0.136. The molecule has 1 fully saturated rings. The highest BCUT2D eigenvalue weighted by Crippen LogP contribution is 2.56. The van der Waals surface area contributed by atoms with E-state index < -0.39 is 56.4 Å². The van der Waals surface area contributed by atoms with Crippen LogP contribution in [0, 0.1) is 35.5 Å². The molecular weight excluding hydrogens is 1810 g/mol. The maximum atomic E-state index is 14.1. The van der Waals surface area contributed by atoms with Gasteiger partial charge in [0.15, 0.2) is 0 Å². The number of aromatic nitrogens is 2. The molecule has 116 heavy (non-hydrogen) atoms. The monoisotopic (exact) mass is 1930 g/mol. The van der Waals surface area contributed by atoms with Crippen LogP contribution in [0.15, 0.2) is 108 Å². The van der Waals surface area contributed by atoms with E-state index in [-0.39, 0.29) is 53.7 Å². The molecule has 1 saturated carbocycles. The minimum Gasteiger partial charge on any atom is -0.277 e. The number of nitrogens with zero attached hydrogens (tertiary/aromatic N) is 7. The molecular formula is C81H123N7O10S18. The van der Waals surface area contributed by atoms with Crippen molar-refractivity contribution in [1.29, 1.82) is 0 Å². The number of pyridine rings is 2. The minimum absolute atomic E-state index is 0.248. The number of rotatable bonds is 26. The van der Waals surface area contributed by atoms with Gasteiger partial charge >= 0.3 is 0 Å². The van der Waals surface area contributed by atoms with Gasteiger partial charge in [-0.3, -0.25) is 72.4 Å². The number of thioether (sulfide) groups is 10. The fourth-order valence-corrected chi connectivity index (χ4v) is 28.0. The summed E-state index contributed by atoms with van der Waals surface area (Å²) < 4.78 is 0. The van der Waals surface area contributed by atoms with E-state index in [1.165, 1.54) is 166 Å². The Morgan fingerprint density at radius 2 is 0.647 bits per heavy atom. The Morgan fingerprint density at radius 1 is 0.379 bits per heavy atom. The van der Waals surface area contributed by atoms with Crippen molar-refractivity contribution in [2.75, 3.05) is 58.2 Å². The Labute approximate surface area is 779 Å². The number of hydrogen-bond acceptors (Lipinski definition) is 30. The third-order valence-corrected chi connectivity index (χ3v) is 38.9. The standard InChI is InChI=1S/C36H44N4O8S8.C15H11N3O2S2.C14H28.2C6H14S3.2C2H6S/c1-11-17(53-23-21(49-13-3)29(41)37(7)31(23)43)19-15(5)51-25-26(34(46)39(9)33(25)45)52-16(6)20(56-28-27(55-19)35(47)40(10)36(28)48)18(12-2)54-24-22(50-14-4)30(42)38(8)32(24)44;1-18-14(19)12(21-10-6-2-4-8-16-10)13(15(18)20)22-11-7-3-5-9-17-11;1-7-9(3)13-11(5)12(6)14(13)10(4)8-2;2*1-3-5(8)6(9)4(2)7;2*1-2-3/h15-20H,11-14H2,1-10H3;2-9H,1H3;9-14H,7-8H2,1-6H3;2*4-9H,3H2,1-2H3;2*3H,2H2,1H3/t15-,16-,17+,18+,19-,20-;;9-,10-,11-,12+,13-,14+;2*4-,5+,6-;;/m0.100../s1. The Morgan fingerprint density at radius 3 is 0.879 bits per heavy atom. The maximum absolute atomic E-state index is 14.1. The number of thiol groups is 8. The van der Waals surface area contributed by atoms with Gasteiger partial charge in [0.2, 0.25) is 0 Å². The zero-order chi connectivity index (χ0) is 88.2. The molecule has 18 atom stereocenters. The third-order valence-electron chi connectivity index (χ3n) is 20.1. The topological polar surface area (TPSA) is 213 Å². The van der Waals surface area contributed by atoms with Crippen molar-refractivity contribution < 1.29 is 47.9 Å². The van der Waals surface area contributed by atoms with Gasteiger partial charge in [-0.1, -0.05) is 173 Å². The van der Waals surface area contributed by atoms with E-state index in [9.17, 15) is 47.9 Å². The van der Waals surface area contributed by atoms with Crippen LogP contribution in [0.2, 0.25) is 0 Å². The number of carbonyl (C=O) groups excluding carboxylic acids is 10. The summed E-state index contributed by atoms with van der Waals surface area (Å²) >= 11 is 46.0. The van der Waals surface area contributed by atoms with Gasteiger partial charge in [-0.05, 0) is 108 Å². The van der Waals surface area contributed by atoms with Crippen molar-refractivity contribution >= 4 is 278 Å². The van der Waals surface area contributed by atoms with Gasteiger partial charge in [-0.25, -0.2) is 9.97 Å². The molecule has 0 radical (unpaired) electrons. The van der Waals surface area contributed by atoms with Crippen LogP contribution in [-0.4, -0.2) is 215 Å². The molecule has 2 aromatic heterocycles. The molecule has 650 valence electrons. The van der Waals surface area contributed by atoms with Crippen LogP contribution in [0.3, 0.4) is 0 Å². The third kappa shape index (κ3) is 29.0. The van der Waals surface area contributed by atoms with Gasteiger partial charge in [-0.2, -0.15) is 101 Å². The second-order valence-electron chi connectivity index (χ2n) is 28.2. The SMILES string of the molecule is CCS.CCS.CCSC1=C(S[C@H](CC)[C@H]2SC3=C(S[C@H]([C@@H](CC)SC4=C(SCC)C(=O)N(C)C4=O)[C@H](C)SC4=C(S[C@H]2C)C(=O)N(C)C4=O)C(=O)N(C)C3=O)C(=O)N(C)C1=O.CC[C@@H](C)[C@@H]1[C@H](C)[C@H](C)[C@@H]1[C@H](C)CC.CC[C@@H](S)[C@@H](S)[C@H](C)S.CC[C@@H](S)[C@@H](S)[C@H](C)S.CN1C(=O)C(Sc2ccccn2)=C(Sc2ccccn2)C1=O. The van der Waals surface area contributed by atoms with Crippen molar-refractivity contribution in [3.63, 3.8) is 0 Å². The molecule has 35 heteroatoms. The number of likely N-dealkylation sites (N-methyl/N-ethyl adjacent to an activating group) is 5. The van der Waals surface area contributed by atoms with Gasteiger partial charge in [0.25, 0.3) is 59.1 Å². The highest BCUT2D eigenvalue weighted by Gasteiger charge is 2.51. The van der Waals surface area contributed by atoms with Crippen molar-refractivity contribution in [1.82, 2.24) is 34.5 Å². The highest BCUT2D eigenvalue weighted by molar-refractivity contribution is 8.14. The van der Waals surface area contributed by atoms with Crippen molar-refractivity contribution in [2.45, 2.75) is 236 Å². The molecule has 0 aromatic carbocycles. The molecule has 8 heterocycles. The van der Waals surface area contributed by atoms with E-state index >= 15 is 0 Å². The summed E-state index contributed by atoms with van der Waals surface area (Å²) in [5.41, 5.74) is 0. The molecule has 7 aliphatic rings. The van der Waals surface area contributed by atoms with Crippen LogP contribution in [0.1, 0.15) is 163 Å². The molecule has 10 amide bonds. The first-order valence-electron chi connectivity index (χ1n) is 39.2. The summed E-state index contributed by atoms with van der Waals surface area (Å²) in [7, 11) is 7.27. The van der Waals surface area contributed by atoms with Gasteiger partial charge in [0.05, 0.1) is 49.1 Å². The summed E-state index contributed by atoms with van der Waals surface area (Å²) in [6.07, 6.45) is 9.15. The lowest BCUT2D eigenvalue weighted by Crippen LogP contribution is -2.49. The quantitative estimate of drug-likeness (QED) is 0.0325. The Kier molecular flexibility index (Phi) is 50.9. The maximum Gasteiger partial charge on any atom is 0.268 e. The van der Waals surface area contributed by atoms with Gasteiger partial charge in [0.1, 0.15) is 10.1 Å². The van der Waals surface area contributed by atoms with Crippen LogP contribution in [0.25, 0.3) is 0 Å². The van der Waals surface area contributed by atoms with E-state index in [4.69, 9.17) is 0 Å². The van der Waals surface area contributed by atoms with Crippen LogP contribution in [-0.2, 0) is 47.9 Å². The number of carbonyl (C=O) groups is 10. The smallest absolute Gasteiger partial charge is 0.268 e. The van der Waals surface area contributed by atoms with E-state index in [0.29, 0.717) is 95.3 Å². The van der Waals surface area contributed by atoms with Crippen LogP contribution >= 0.6 is 219 Å². The largest absolute Gasteiger partial charge is 0.277 e. The van der Waals surface area contributed by atoms with Gasteiger partial charge in [0, 0.05) is 111 Å². The summed E-state index contributed by atoms with van der Waals surface area (Å²) in [6.45, 7) is 38.3. The Bertz CT molecular complexity index is 3590. The first kappa shape index (κ1) is 109. The van der Waals surface area contributed by atoms with Crippen molar-refractivity contribution in [3.8, 4) is 0 Å². The summed E-state index contributed by atoms with van der Waals surface area (Å²) in [5, 5.41) is 0.813. The predicted octanol–water partition coefficient (Wildman–Crippen LogP) is 19.5. The average Bonchev–Trinajstić information content (AvgIpc) is 0.880. The van der Waals surface area contributed by atoms with Gasteiger partial charge < -0.3 is 0 Å². The lowest BCUT2D eigenvalue weighted by atomic mass is 9.50. The second kappa shape index (κ2) is 54.1. The molecule has 0 spiro atoms. The molecule has 0 N–H and O–H groups in total. The van der Waals surface area contributed by atoms with Crippen LogP contribution in [0.4, 0.5) is 0 Å². The highest BCUT2D eigenvalue weighted by atomic mass is 32.2. The first-order chi connectivity index (χ1) is 54.7. The molecule has 17 nitrogen and oxygen atoms in total. The number of imide groups is 5. The molecule has 2 aromatic rings. The molecule has 0 saturated heterocycles. The molecule has 9 rings (SSSR count). The summed E-state index contributed by atoms with van der Waals surface area (Å²) in [5.74, 6) is 4.87. The Hall–Kier alpha value is -1.000. The zero-order valence-corrected chi connectivity index (χ0v) is 86.3. The normalized spacial score (nSPS) is 24.3. The molecule has 0 bridgehead atoms. The van der Waals surface area contributed by atoms with E-state index in [0.717, 1.165) is 84.4 Å². The van der Waals surface area contributed by atoms with Crippen molar-refractivity contribution in [3.05, 3.63) is 97.8 Å². The summed E-state index contributed by atoms with van der Waals surface area (Å²) in [4.78, 5) is 150. The molecule has 1 aliphatic carbocycles. The fourth-order valence-electron chi connectivity index (χ4n) is 12.8. The van der Waals surface area contributed by atoms with E-state index in [2.05, 4.69) is 166 Å². The number of hydrogen-bond donors (Lipinski definition) is 8. The van der Waals surface area contributed by atoms with Crippen LogP contribution < -0.4 is 0 Å². The van der Waals surface area contributed by atoms with E-state index in [1.54, 1.807) is 36.7 Å². The second-order valence-corrected chi connectivity index (χ2v) is 45.8. The zero-order valence-electron chi connectivity index (χ0n) is 71.0. The molecule has 6 aliphatic heterocycles. The fraction of sp³-hybridized carbons (Fsp3) is 0.630. The minimum atomic E-state index is -0.492. The Balaban J connectivity index is 0.000000465. The lowest BCUT2D eigenvalue weighted by Gasteiger charge is -2.55. The average molecular weight is 1930 g/mol. The van der Waals surface area contributed by atoms with Crippen molar-refractivity contribution in [2.24, 2.45) is 35.5 Å². The number of amides is 10. The summed E-state index contributed by atoms with van der Waals surface area (Å²) in [6, 6.07) is 10.9. The van der Waals surface area contributed by atoms with E-state index in [1.807, 2.05) is 81.4 Å². The first-order valence-corrected chi connectivity index (χ1v) is 52.5. The molecule has 0 unspecified atom stereocenters. The van der Waals surface area contributed by atoms with Crippen LogP contribution in [0.5, 0.6) is 0 Å².